The molecule has 3 N–H and O–H groups in total. The van der Waals surface area contributed by atoms with E-state index in [0.717, 1.165) is 11.6 Å². The minimum absolute atomic E-state index is 0.0630. The fourth-order valence-corrected chi connectivity index (χ4v) is 4.36. The number of aromatic hydroxyl groups is 1. The fraction of sp³-hybridized carbons (Fsp3) is 0.100. The number of carboxylic acids is 1. The lowest BCUT2D eigenvalue weighted by atomic mass is 10.1. The molecule has 3 rings (SSSR count). The van der Waals surface area contributed by atoms with E-state index in [1.54, 1.807) is 31.2 Å². The van der Waals surface area contributed by atoms with Crippen molar-refractivity contribution in [1.29, 1.82) is 0 Å². The molecule has 0 fully saturated rings. The fourth-order valence-electron chi connectivity index (χ4n) is 2.49. The molecule has 0 spiro atoms. The Hall–Kier alpha value is -3.04. The molecule has 0 saturated heterocycles. The number of benzene rings is 2. The number of aromatic carboxylic acids is 1. The van der Waals surface area contributed by atoms with Gasteiger partial charge in [0.05, 0.1) is 27.4 Å². The number of nitrogens with one attached hydrogen (secondary N) is 1. The lowest BCUT2D eigenvalue weighted by Gasteiger charge is -2.10. The van der Waals surface area contributed by atoms with Crippen molar-refractivity contribution in [2.24, 2.45) is 0 Å². The van der Waals surface area contributed by atoms with Gasteiger partial charge in [-0.15, -0.1) is 11.8 Å². The summed E-state index contributed by atoms with van der Waals surface area (Å²) in [7, 11) is -3.94. The Morgan fingerprint density at radius 3 is 2.45 bits per heavy atom. The Morgan fingerprint density at radius 1 is 1.10 bits per heavy atom. The predicted molar refractivity (Wildman–Crippen MR) is 111 cm³/mol. The number of rotatable bonds is 7. The van der Waals surface area contributed by atoms with Crippen LogP contribution in [0.4, 0.5) is 5.69 Å². The highest BCUT2D eigenvalue weighted by Crippen LogP contribution is 2.24. The molecule has 7 nitrogen and oxygen atoms in total. The maximum atomic E-state index is 12.6. The third kappa shape index (κ3) is 5.27. The zero-order valence-electron chi connectivity index (χ0n) is 15.4. The first-order chi connectivity index (χ1) is 13.7. The van der Waals surface area contributed by atoms with E-state index in [0.29, 0.717) is 16.3 Å². The molecule has 0 atom stereocenters. The summed E-state index contributed by atoms with van der Waals surface area (Å²) >= 11 is 1.47. The first-order valence-corrected chi connectivity index (χ1v) is 10.9. The second-order valence-electron chi connectivity index (χ2n) is 6.23. The standard InChI is InChI=1S/C20H18N2O5S2/c1-13-2-8-17(10-18(13)20(24)25)29(26,27)22-15-5-9-19(21-11-15)28-12-14-3-6-16(23)7-4-14/h2-11,22-23H,12H2,1H3,(H,24,25). The van der Waals surface area contributed by atoms with Crippen LogP contribution in [0.5, 0.6) is 5.75 Å². The summed E-state index contributed by atoms with van der Waals surface area (Å²) in [4.78, 5) is 15.3. The van der Waals surface area contributed by atoms with E-state index in [-0.39, 0.29) is 21.9 Å². The molecule has 1 aromatic heterocycles. The van der Waals surface area contributed by atoms with Crippen LogP contribution in [0.3, 0.4) is 0 Å². The van der Waals surface area contributed by atoms with E-state index in [1.165, 1.54) is 30.1 Å². The van der Waals surface area contributed by atoms with Crippen LogP contribution >= 0.6 is 11.8 Å². The van der Waals surface area contributed by atoms with Crippen LogP contribution in [0, 0.1) is 6.92 Å². The molecule has 0 aliphatic rings. The lowest BCUT2D eigenvalue weighted by Crippen LogP contribution is -2.14. The molecule has 0 radical (unpaired) electrons. The Balaban J connectivity index is 1.69. The summed E-state index contributed by atoms with van der Waals surface area (Å²) in [5, 5.41) is 19.2. The van der Waals surface area contributed by atoms with E-state index >= 15 is 0 Å². The Labute approximate surface area is 172 Å². The van der Waals surface area contributed by atoms with Crippen LogP contribution in [-0.2, 0) is 15.8 Å². The van der Waals surface area contributed by atoms with Gasteiger partial charge in [0.2, 0.25) is 0 Å². The van der Waals surface area contributed by atoms with Gasteiger partial charge in [-0.2, -0.15) is 0 Å². The van der Waals surface area contributed by atoms with Crippen molar-refractivity contribution >= 4 is 33.4 Å². The van der Waals surface area contributed by atoms with Crippen LogP contribution in [0.15, 0.2) is 70.7 Å². The number of aryl methyl sites for hydroxylation is 1. The average Bonchev–Trinajstić information content (AvgIpc) is 2.68. The minimum Gasteiger partial charge on any atom is -0.508 e. The van der Waals surface area contributed by atoms with Crippen LogP contribution in [0.2, 0.25) is 0 Å². The number of aromatic nitrogens is 1. The number of pyridine rings is 1. The number of nitrogens with zero attached hydrogens (tertiary/aromatic N) is 1. The number of phenolic OH excluding ortho intramolecular Hbond substituents is 1. The average molecular weight is 431 g/mol. The van der Waals surface area contributed by atoms with E-state index in [2.05, 4.69) is 9.71 Å². The molecule has 0 amide bonds. The predicted octanol–water partition coefficient (Wildman–Crippen LogP) is 3.89. The summed E-state index contributed by atoms with van der Waals surface area (Å²) in [5.41, 5.74) is 1.71. The third-order valence-corrected chi connectivity index (χ3v) is 6.46. The molecule has 3 aromatic rings. The monoisotopic (exact) mass is 430 g/mol. The van der Waals surface area contributed by atoms with Crippen molar-refractivity contribution < 1.29 is 23.4 Å². The van der Waals surface area contributed by atoms with Crippen molar-refractivity contribution in [3.8, 4) is 5.75 Å². The first-order valence-electron chi connectivity index (χ1n) is 8.48. The van der Waals surface area contributed by atoms with Crippen molar-refractivity contribution in [2.45, 2.75) is 22.6 Å². The maximum Gasteiger partial charge on any atom is 0.335 e. The number of anilines is 1. The van der Waals surface area contributed by atoms with Gasteiger partial charge >= 0.3 is 5.97 Å². The molecule has 2 aromatic carbocycles. The first kappa shape index (κ1) is 20.7. The smallest absolute Gasteiger partial charge is 0.335 e. The third-order valence-electron chi connectivity index (χ3n) is 4.06. The van der Waals surface area contributed by atoms with Gasteiger partial charge in [0, 0.05) is 5.75 Å². The summed E-state index contributed by atoms with van der Waals surface area (Å²) < 4.78 is 27.5. The number of hydrogen-bond donors (Lipinski definition) is 3. The summed E-state index contributed by atoms with van der Waals surface area (Å²) in [6, 6.07) is 14.1. The highest BCUT2D eigenvalue weighted by molar-refractivity contribution is 7.98. The molecule has 150 valence electrons. The Bertz CT molecular complexity index is 1130. The lowest BCUT2D eigenvalue weighted by molar-refractivity contribution is 0.0696. The second kappa shape index (κ2) is 8.54. The number of thioether (sulfide) groups is 1. The molecular formula is C20H18N2O5S2. The van der Waals surface area contributed by atoms with Gasteiger partial charge in [0.15, 0.2) is 0 Å². The van der Waals surface area contributed by atoms with Crippen molar-refractivity contribution in [2.75, 3.05) is 4.72 Å². The second-order valence-corrected chi connectivity index (χ2v) is 8.91. The summed E-state index contributed by atoms with van der Waals surface area (Å²) in [6.45, 7) is 1.60. The largest absolute Gasteiger partial charge is 0.508 e. The van der Waals surface area contributed by atoms with Crippen LogP contribution < -0.4 is 4.72 Å². The van der Waals surface area contributed by atoms with Crippen molar-refractivity contribution in [3.63, 3.8) is 0 Å². The normalized spacial score (nSPS) is 11.2. The van der Waals surface area contributed by atoms with E-state index in [9.17, 15) is 23.4 Å². The molecule has 0 bridgehead atoms. The van der Waals surface area contributed by atoms with E-state index < -0.39 is 16.0 Å². The number of sulfonamides is 1. The zero-order chi connectivity index (χ0) is 21.0. The summed E-state index contributed by atoms with van der Waals surface area (Å²) in [5.74, 6) is -0.326. The number of hydrogen-bond acceptors (Lipinski definition) is 6. The number of carbonyl (C=O) groups is 1. The molecule has 0 aliphatic heterocycles. The zero-order valence-corrected chi connectivity index (χ0v) is 17.0. The molecule has 0 saturated carbocycles. The Morgan fingerprint density at radius 2 is 1.83 bits per heavy atom. The topological polar surface area (TPSA) is 117 Å². The van der Waals surface area contributed by atoms with Gasteiger partial charge in [-0.05, 0) is 54.4 Å². The minimum atomic E-state index is -3.94. The number of carboxylic acid groups (broad SMARTS) is 1. The SMILES string of the molecule is Cc1ccc(S(=O)(=O)Nc2ccc(SCc3ccc(O)cc3)nc2)cc1C(=O)O. The highest BCUT2D eigenvalue weighted by atomic mass is 32.2. The van der Waals surface area contributed by atoms with Gasteiger partial charge < -0.3 is 10.2 Å². The molecule has 0 unspecified atom stereocenters. The molecule has 29 heavy (non-hydrogen) atoms. The van der Waals surface area contributed by atoms with Crippen LogP contribution in [0.25, 0.3) is 0 Å². The van der Waals surface area contributed by atoms with E-state index in [1.807, 2.05) is 12.1 Å². The molecule has 9 heteroatoms. The highest BCUT2D eigenvalue weighted by Gasteiger charge is 2.18. The van der Waals surface area contributed by atoms with Gasteiger partial charge in [0.1, 0.15) is 5.75 Å². The van der Waals surface area contributed by atoms with Gasteiger partial charge in [-0.25, -0.2) is 18.2 Å². The van der Waals surface area contributed by atoms with Crippen molar-refractivity contribution in [3.05, 3.63) is 77.5 Å². The van der Waals surface area contributed by atoms with Crippen LogP contribution in [-0.4, -0.2) is 29.6 Å². The summed E-state index contributed by atoms with van der Waals surface area (Å²) in [6.07, 6.45) is 1.41. The Kier molecular flexibility index (Phi) is 6.09. The van der Waals surface area contributed by atoms with Gasteiger partial charge in [0.25, 0.3) is 10.0 Å². The van der Waals surface area contributed by atoms with Gasteiger partial charge in [-0.1, -0.05) is 18.2 Å². The molecule has 1 heterocycles. The van der Waals surface area contributed by atoms with Crippen LogP contribution in [0.1, 0.15) is 21.5 Å². The molecule has 0 aliphatic carbocycles. The van der Waals surface area contributed by atoms with Gasteiger partial charge in [-0.3, -0.25) is 4.72 Å². The number of phenols is 1. The van der Waals surface area contributed by atoms with E-state index in [4.69, 9.17) is 0 Å². The maximum absolute atomic E-state index is 12.6. The van der Waals surface area contributed by atoms with Crippen molar-refractivity contribution in [1.82, 2.24) is 4.98 Å². The molecular weight excluding hydrogens is 412 g/mol. The quantitative estimate of drug-likeness (QED) is 0.487.